The fourth-order valence-corrected chi connectivity index (χ4v) is 1.49. The minimum absolute atomic E-state index is 1.02. The van der Waals surface area contributed by atoms with E-state index in [-0.39, 0.29) is 0 Å². The van der Waals surface area contributed by atoms with Crippen molar-refractivity contribution in [1.82, 2.24) is 10.2 Å². The molecule has 0 aromatic heterocycles. The molecule has 1 aliphatic heterocycles. The highest BCUT2D eigenvalue weighted by molar-refractivity contribution is 5.07. The van der Waals surface area contributed by atoms with Crippen LogP contribution in [0, 0.1) is 0 Å². The quantitative estimate of drug-likeness (QED) is 0.593. The lowest BCUT2D eigenvalue weighted by atomic mass is 10.1. The summed E-state index contributed by atoms with van der Waals surface area (Å²) in [4.78, 5) is 2.38. The van der Waals surface area contributed by atoms with Crippen molar-refractivity contribution in [2.75, 3.05) is 33.7 Å². The Morgan fingerprint density at radius 2 is 2.45 bits per heavy atom. The molecule has 1 N–H and O–H groups in total. The zero-order valence-electron chi connectivity index (χ0n) is 7.56. The topological polar surface area (TPSA) is 15.3 Å². The SMILES string of the molecule is CNCC=C1CCCN(C)C1. The molecule has 1 saturated heterocycles. The Hall–Kier alpha value is -0.340. The summed E-state index contributed by atoms with van der Waals surface area (Å²) in [5, 5.41) is 3.13. The number of likely N-dealkylation sites (tertiary alicyclic amines) is 1. The van der Waals surface area contributed by atoms with Gasteiger partial charge >= 0.3 is 0 Å². The monoisotopic (exact) mass is 154 g/mol. The van der Waals surface area contributed by atoms with Gasteiger partial charge in [0.1, 0.15) is 0 Å². The third-order valence-corrected chi connectivity index (χ3v) is 2.11. The molecular weight excluding hydrogens is 136 g/mol. The second kappa shape index (κ2) is 4.52. The molecule has 1 fully saturated rings. The van der Waals surface area contributed by atoms with Gasteiger partial charge < -0.3 is 10.2 Å². The van der Waals surface area contributed by atoms with Crippen LogP contribution in [0.25, 0.3) is 0 Å². The van der Waals surface area contributed by atoms with E-state index < -0.39 is 0 Å². The number of hydrogen-bond acceptors (Lipinski definition) is 2. The average molecular weight is 154 g/mol. The molecule has 0 amide bonds. The molecule has 0 atom stereocenters. The minimum atomic E-state index is 1.02. The Kier molecular flexibility index (Phi) is 3.60. The maximum Gasteiger partial charge on any atom is 0.0190 e. The van der Waals surface area contributed by atoms with Crippen LogP contribution in [-0.2, 0) is 0 Å². The first kappa shape index (κ1) is 8.75. The first-order chi connectivity index (χ1) is 5.33. The van der Waals surface area contributed by atoms with Crippen LogP contribution in [0.15, 0.2) is 11.6 Å². The van der Waals surface area contributed by atoms with Gasteiger partial charge in [0.25, 0.3) is 0 Å². The summed E-state index contributed by atoms with van der Waals surface area (Å²) in [7, 11) is 4.18. The Labute approximate surface area is 69.3 Å². The van der Waals surface area contributed by atoms with Gasteiger partial charge in [0, 0.05) is 13.1 Å². The molecule has 2 nitrogen and oxygen atoms in total. The molecule has 64 valence electrons. The number of rotatable bonds is 2. The summed E-state index contributed by atoms with van der Waals surface area (Å²) < 4.78 is 0. The molecule has 1 heterocycles. The molecule has 0 unspecified atom stereocenters. The summed E-state index contributed by atoms with van der Waals surface area (Å²) in [6, 6.07) is 0. The lowest BCUT2D eigenvalue weighted by Crippen LogP contribution is -2.27. The van der Waals surface area contributed by atoms with E-state index in [1.807, 2.05) is 7.05 Å². The molecule has 0 saturated carbocycles. The van der Waals surface area contributed by atoms with E-state index in [0.717, 1.165) is 6.54 Å². The normalized spacial score (nSPS) is 24.4. The number of hydrogen-bond donors (Lipinski definition) is 1. The van der Waals surface area contributed by atoms with E-state index in [9.17, 15) is 0 Å². The predicted octanol–water partition coefficient (Wildman–Crippen LogP) is 0.858. The molecule has 2 heteroatoms. The van der Waals surface area contributed by atoms with E-state index in [2.05, 4.69) is 23.3 Å². The van der Waals surface area contributed by atoms with E-state index in [1.165, 1.54) is 25.9 Å². The van der Waals surface area contributed by atoms with Gasteiger partial charge in [0.2, 0.25) is 0 Å². The van der Waals surface area contributed by atoms with Crippen LogP contribution in [-0.4, -0.2) is 38.6 Å². The van der Waals surface area contributed by atoms with Crippen LogP contribution in [0.5, 0.6) is 0 Å². The first-order valence-electron chi connectivity index (χ1n) is 4.34. The second-order valence-corrected chi connectivity index (χ2v) is 3.26. The van der Waals surface area contributed by atoms with Crippen LogP contribution in [0.3, 0.4) is 0 Å². The fourth-order valence-electron chi connectivity index (χ4n) is 1.49. The molecule has 0 bridgehead atoms. The van der Waals surface area contributed by atoms with Gasteiger partial charge in [-0.25, -0.2) is 0 Å². The molecule has 0 radical (unpaired) electrons. The average Bonchev–Trinajstić information content (AvgIpc) is 2.01. The molecule has 0 aromatic rings. The summed E-state index contributed by atoms with van der Waals surface area (Å²) in [5.74, 6) is 0. The van der Waals surface area contributed by atoms with Gasteiger partial charge in [0.05, 0.1) is 0 Å². The van der Waals surface area contributed by atoms with Crippen molar-refractivity contribution in [3.8, 4) is 0 Å². The summed E-state index contributed by atoms with van der Waals surface area (Å²) in [6.45, 7) is 3.45. The smallest absolute Gasteiger partial charge is 0.0190 e. The third-order valence-electron chi connectivity index (χ3n) is 2.11. The Bertz CT molecular complexity index is 140. The molecule has 0 aliphatic carbocycles. The molecule has 0 spiro atoms. The lowest BCUT2D eigenvalue weighted by molar-refractivity contribution is 0.322. The van der Waals surface area contributed by atoms with Gasteiger partial charge in [-0.3, -0.25) is 0 Å². The van der Waals surface area contributed by atoms with Crippen LogP contribution in [0.4, 0.5) is 0 Å². The molecular formula is C9H18N2. The highest BCUT2D eigenvalue weighted by Gasteiger charge is 2.08. The van der Waals surface area contributed by atoms with Crippen LogP contribution in [0.2, 0.25) is 0 Å². The maximum atomic E-state index is 3.13. The van der Waals surface area contributed by atoms with E-state index in [0.29, 0.717) is 0 Å². The minimum Gasteiger partial charge on any atom is -0.316 e. The summed E-state index contributed by atoms with van der Waals surface area (Å²) in [6.07, 6.45) is 4.94. The zero-order valence-corrected chi connectivity index (χ0v) is 7.56. The fraction of sp³-hybridized carbons (Fsp3) is 0.778. The Morgan fingerprint density at radius 1 is 1.64 bits per heavy atom. The van der Waals surface area contributed by atoms with Crippen molar-refractivity contribution >= 4 is 0 Å². The molecule has 1 rings (SSSR count). The number of likely N-dealkylation sites (N-methyl/N-ethyl adjacent to an activating group) is 2. The number of nitrogens with one attached hydrogen (secondary N) is 1. The highest BCUT2D eigenvalue weighted by atomic mass is 15.1. The van der Waals surface area contributed by atoms with Crippen molar-refractivity contribution in [2.45, 2.75) is 12.8 Å². The van der Waals surface area contributed by atoms with E-state index in [4.69, 9.17) is 0 Å². The third kappa shape index (κ3) is 3.04. The number of nitrogens with zero attached hydrogens (tertiary/aromatic N) is 1. The van der Waals surface area contributed by atoms with Gasteiger partial charge in [-0.15, -0.1) is 0 Å². The van der Waals surface area contributed by atoms with Crippen LogP contribution >= 0.6 is 0 Å². The summed E-state index contributed by atoms with van der Waals surface area (Å²) >= 11 is 0. The van der Waals surface area contributed by atoms with Crippen molar-refractivity contribution < 1.29 is 0 Å². The zero-order chi connectivity index (χ0) is 8.10. The highest BCUT2D eigenvalue weighted by Crippen LogP contribution is 2.12. The van der Waals surface area contributed by atoms with E-state index in [1.54, 1.807) is 5.57 Å². The van der Waals surface area contributed by atoms with Gasteiger partial charge in [-0.2, -0.15) is 0 Å². The molecule has 1 aliphatic rings. The van der Waals surface area contributed by atoms with Crippen molar-refractivity contribution in [3.63, 3.8) is 0 Å². The first-order valence-corrected chi connectivity index (χ1v) is 4.34. The van der Waals surface area contributed by atoms with Gasteiger partial charge in [0.15, 0.2) is 0 Å². The van der Waals surface area contributed by atoms with Gasteiger partial charge in [-0.1, -0.05) is 11.6 Å². The summed E-state index contributed by atoms with van der Waals surface area (Å²) in [5.41, 5.74) is 1.59. The van der Waals surface area contributed by atoms with Crippen molar-refractivity contribution in [1.29, 1.82) is 0 Å². The van der Waals surface area contributed by atoms with Gasteiger partial charge in [-0.05, 0) is 33.5 Å². The molecule has 0 aromatic carbocycles. The number of piperidine rings is 1. The van der Waals surface area contributed by atoms with Crippen molar-refractivity contribution in [2.24, 2.45) is 0 Å². The predicted molar refractivity (Wildman–Crippen MR) is 48.7 cm³/mol. The molecule has 11 heavy (non-hydrogen) atoms. The van der Waals surface area contributed by atoms with Crippen LogP contribution in [0.1, 0.15) is 12.8 Å². The Morgan fingerprint density at radius 3 is 3.09 bits per heavy atom. The lowest BCUT2D eigenvalue weighted by Gasteiger charge is -2.24. The van der Waals surface area contributed by atoms with Crippen molar-refractivity contribution in [3.05, 3.63) is 11.6 Å². The maximum absolute atomic E-state index is 3.13. The standard InChI is InChI=1S/C9H18N2/c1-10-6-5-9-4-3-7-11(2)8-9/h5,10H,3-4,6-8H2,1-2H3. The van der Waals surface area contributed by atoms with E-state index >= 15 is 0 Å². The van der Waals surface area contributed by atoms with Crippen LogP contribution < -0.4 is 5.32 Å². The second-order valence-electron chi connectivity index (χ2n) is 3.26. The Balaban J connectivity index is 2.32. The largest absolute Gasteiger partial charge is 0.316 e.